The molecule has 1 rings (SSSR count). The van der Waals surface area contributed by atoms with Gasteiger partial charge in [0.15, 0.2) is 0 Å². The summed E-state index contributed by atoms with van der Waals surface area (Å²) in [6.07, 6.45) is 5.49. The van der Waals surface area contributed by atoms with E-state index < -0.39 is 6.09 Å². The van der Waals surface area contributed by atoms with E-state index in [1.807, 2.05) is 0 Å². The van der Waals surface area contributed by atoms with Gasteiger partial charge in [0.1, 0.15) is 0 Å². The van der Waals surface area contributed by atoms with Gasteiger partial charge in [-0.05, 0) is 12.2 Å². The van der Waals surface area contributed by atoms with Gasteiger partial charge in [-0.25, -0.2) is 4.79 Å². The molecule has 76 valence electrons. The predicted molar refractivity (Wildman–Crippen MR) is 51.2 cm³/mol. The standard InChI is InChI=1S/C9H12N2O3/c1-2-6-14-10-8-4-3-5-11(7-8)9(12)13/h2-5,10H,1,6-7H2,(H,12,13). The van der Waals surface area contributed by atoms with Gasteiger partial charge in [-0.1, -0.05) is 6.08 Å². The number of hydroxylamine groups is 1. The fourth-order valence-electron chi connectivity index (χ4n) is 0.943. The molecule has 0 aromatic rings. The molecular weight excluding hydrogens is 184 g/mol. The molecule has 0 aromatic carbocycles. The molecule has 0 saturated carbocycles. The van der Waals surface area contributed by atoms with Crippen molar-refractivity contribution < 1.29 is 14.7 Å². The van der Waals surface area contributed by atoms with E-state index in [-0.39, 0.29) is 6.54 Å². The Morgan fingerprint density at radius 2 is 2.64 bits per heavy atom. The number of nitrogens with zero attached hydrogens (tertiary/aromatic N) is 1. The fourth-order valence-corrected chi connectivity index (χ4v) is 0.943. The highest BCUT2D eigenvalue weighted by atomic mass is 16.6. The lowest BCUT2D eigenvalue weighted by molar-refractivity contribution is 0.0802. The first-order chi connectivity index (χ1) is 6.74. The third-order valence-corrected chi connectivity index (χ3v) is 1.55. The molecule has 0 unspecified atom stereocenters. The van der Waals surface area contributed by atoms with E-state index in [2.05, 4.69) is 12.1 Å². The topological polar surface area (TPSA) is 61.8 Å². The van der Waals surface area contributed by atoms with E-state index in [4.69, 9.17) is 9.94 Å². The van der Waals surface area contributed by atoms with Crippen LogP contribution in [0.5, 0.6) is 0 Å². The van der Waals surface area contributed by atoms with Crippen molar-refractivity contribution in [1.29, 1.82) is 0 Å². The lowest BCUT2D eigenvalue weighted by atomic mass is 10.3. The Kier molecular flexibility index (Phi) is 3.75. The monoisotopic (exact) mass is 196 g/mol. The average molecular weight is 196 g/mol. The Labute approximate surface area is 81.9 Å². The maximum atomic E-state index is 10.6. The van der Waals surface area contributed by atoms with E-state index in [1.165, 1.54) is 6.20 Å². The van der Waals surface area contributed by atoms with E-state index in [1.54, 1.807) is 18.2 Å². The van der Waals surface area contributed by atoms with Crippen LogP contribution in [0.25, 0.3) is 0 Å². The first kappa shape index (κ1) is 10.3. The van der Waals surface area contributed by atoms with Crippen molar-refractivity contribution in [2.24, 2.45) is 0 Å². The molecule has 14 heavy (non-hydrogen) atoms. The first-order valence-corrected chi connectivity index (χ1v) is 4.09. The van der Waals surface area contributed by atoms with Crippen LogP contribution in [0.2, 0.25) is 0 Å². The number of rotatable bonds is 4. The van der Waals surface area contributed by atoms with Crippen molar-refractivity contribution in [3.05, 3.63) is 36.7 Å². The Morgan fingerprint density at radius 3 is 3.29 bits per heavy atom. The summed E-state index contributed by atoms with van der Waals surface area (Å²) < 4.78 is 0. The van der Waals surface area contributed by atoms with Crippen LogP contribution >= 0.6 is 0 Å². The lowest BCUT2D eigenvalue weighted by Crippen LogP contribution is -2.32. The van der Waals surface area contributed by atoms with Gasteiger partial charge < -0.3 is 5.11 Å². The smallest absolute Gasteiger partial charge is 0.411 e. The fraction of sp³-hybridized carbons (Fsp3) is 0.222. The molecule has 1 aliphatic rings. The van der Waals surface area contributed by atoms with Gasteiger partial charge in [0.25, 0.3) is 0 Å². The molecule has 5 heteroatoms. The van der Waals surface area contributed by atoms with Crippen molar-refractivity contribution in [1.82, 2.24) is 10.4 Å². The molecule has 0 atom stereocenters. The molecule has 2 N–H and O–H groups in total. The molecule has 0 bridgehead atoms. The molecule has 1 amide bonds. The van der Waals surface area contributed by atoms with E-state index in [0.29, 0.717) is 12.3 Å². The first-order valence-electron chi connectivity index (χ1n) is 4.09. The minimum atomic E-state index is -0.989. The highest BCUT2D eigenvalue weighted by Gasteiger charge is 2.12. The maximum absolute atomic E-state index is 10.6. The number of carbonyl (C=O) groups is 1. The zero-order valence-electron chi connectivity index (χ0n) is 7.64. The van der Waals surface area contributed by atoms with E-state index >= 15 is 0 Å². The highest BCUT2D eigenvalue weighted by molar-refractivity contribution is 5.67. The largest absolute Gasteiger partial charge is 0.465 e. The SMILES string of the molecule is C=CCONC1=CC=CN(C(=O)O)C1. The third kappa shape index (κ3) is 2.95. The number of carboxylic acid groups (broad SMARTS) is 1. The second-order valence-electron chi connectivity index (χ2n) is 2.65. The van der Waals surface area contributed by atoms with Gasteiger partial charge in [-0.15, -0.1) is 6.58 Å². The minimum Gasteiger partial charge on any atom is -0.465 e. The van der Waals surface area contributed by atoms with Crippen LogP contribution < -0.4 is 5.48 Å². The van der Waals surface area contributed by atoms with Crippen LogP contribution in [0, 0.1) is 0 Å². The van der Waals surface area contributed by atoms with Crippen molar-refractivity contribution >= 4 is 6.09 Å². The molecule has 1 heterocycles. The van der Waals surface area contributed by atoms with Gasteiger partial charge in [0.05, 0.1) is 18.8 Å². The molecule has 0 aliphatic carbocycles. The summed E-state index contributed by atoms with van der Waals surface area (Å²) in [5.41, 5.74) is 3.33. The quantitative estimate of drug-likeness (QED) is 0.401. The Bertz CT molecular complexity index is 284. The molecule has 0 spiro atoms. The van der Waals surface area contributed by atoms with Gasteiger partial charge in [0, 0.05) is 6.20 Å². The second kappa shape index (κ2) is 5.08. The molecule has 0 fully saturated rings. The van der Waals surface area contributed by atoms with E-state index in [0.717, 1.165) is 4.90 Å². The van der Waals surface area contributed by atoms with Crippen molar-refractivity contribution in [3.63, 3.8) is 0 Å². The minimum absolute atomic E-state index is 0.267. The molecule has 1 aliphatic heterocycles. The van der Waals surface area contributed by atoms with Gasteiger partial charge in [0.2, 0.25) is 0 Å². The Morgan fingerprint density at radius 1 is 1.86 bits per heavy atom. The maximum Gasteiger partial charge on any atom is 0.411 e. The van der Waals surface area contributed by atoms with Crippen LogP contribution in [0.3, 0.4) is 0 Å². The predicted octanol–water partition coefficient (Wildman–Crippen LogP) is 1.08. The summed E-state index contributed by atoms with van der Waals surface area (Å²) >= 11 is 0. The van der Waals surface area contributed by atoms with Crippen molar-refractivity contribution in [2.45, 2.75) is 0 Å². The van der Waals surface area contributed by atoms with Crippen LogP contribution in [-0.2, 0) is 4.84 Å². The summed E-state index contributed by atoms with van der Waals surface area (Å²) in [4.78, 5) is 16.7. The van der Waals surface area contributed by atoms with Gasteiger partial charge in [-0.2, -0.15) is 0 Å². The molecule has 0 radical (unpaired) electrons. The van der Waals surface area contributed by atoms with Crippen LogP contribution in [0.1, 0.15) is 0 Å². The molecular formula is C9H12N2O3. The number of nitrogens with one attached hydrogen (secondary N) is 1. The van der Waals surface area contributed by atoms with Crippen molar-refractivity contribution in [3.8, 4) is 0 Å². The molecule has 0 saturated heterocycles. The highest BCUT2D eigenvalue weighted by Crippen LogP contribution is 2.04. The van der Waals surface area contributed by atoms with Crippen LogP contribution in [-0.4, -0.2) is 29.3 Å². The summed E-state index contributed by atoms with van der Waals surface area (Å²) in [7, 11) is 0. The zero-order valence-corrected chi connectivity index (χ0v) is 7.64. The zero-order chi connectivity index (χ0) is 10.4. The van der Waals surface area contributed by atoms with Gasteiger partial charge in [-0.3, -0.25) is 15.2 Å². The third-order valence-electron chi connectivity index (χ3n) is 1.55. The normalized spacial score (nSPS) is 14.9. The lowest BCUT2D eigenvalue weighted by Gasteiger charge is -2.20. The summed E-state index contributed by atoms with van der Waals surface area (Å²) in [6.45, 7) is 4.12. The van der Waals surface area contributed by atoms with Gasteiger partial charge >= 0.3 is 6.09 Å². The van der Waals surface area contributed by atoms with Crippen LogP contribution in [0.15, 0.2) is 36.7 Å². The summed E-state index contributed by atoms with van der Waals surface area (Å²) in [5.74, 6) is 0. The van der Waals surface area contributed by atoms with Crippen molar-refractivity contribution in [2.75, 3.05) is 13.2 Å². The van der Waals surface area contributed by atoms with E-state index in [9.17, 15) is 4.79 Å². The number of amides is 1. The summed E-state index contributed by atoms with van der Waals surface area (Å²) in [6, 6.07) is 0. The second-order valence-corrected chi connectivity index (χ2v) is 2.65. The molecule has 5 nitrogen and oxygen atoms in total. The Hall–Kier alpha value is -1.75. The Balaban J connectivity index is 2.40. The number of hydrogen-bond donors (Lipinski definition) is 2. The number of allylic oxidation sites excluding steroid dienone is 2. The van der Waals surface area contributed by atoms with Crippen LogP contribution in [0.4, 0.5) is 4.79 Å². The number of hydrogen-bond acceptors (Lipinski definition) is 3. The summed E-state index contributed by atoms with van der Waals surface area (Å²) in [5, 5.41) is 8.69. The molecule has 0 aromatic heterocycles. The average Bonchev–Trinajstić information content (AvgIpc) is 2.19.